The number of rotatable bonds is 1. The van der Waals surface area contributed by atoms with Crippen LogP contribution in [0.15, 0.2) is 47.5 Å². The van der Waals surface area contributed by atoms with Gasteiger partial charge in [0.25, 0.3) is 0 Å². The molecule has 23 heavy (non-hydrogen) atoms. The standard InChI is InChI=1S/C17H15Cl2N3S/c1-23-17(20)22-9-8-21-16(12-4-2-3-5-14(12)19)13-10-11(18)6-7-15(13)22/h2-7,10,20H,8-9H2,1H3. The van der Waals surface area contributed by atoms with E-state index in [4.69, 9.17) is 33.6 Å². The number of amidine groups is 1. The largest absolute Gasteiger partial charge is 0.319 e. The monoisotopic (exact) mass is 363 g/mol. The van der Waals surface area contributed by atoms with E-state index in [0.717, 1.165) is 22.5 Å². The Kier molecular flexibility index (Phi) is 4.95. The molecule has 0 bridgehead atoms. The summed E-state index contributed by atoms with van der Waals surface area (Å²) in [5.41, 5.74) is 3.55. The highest BCUT2D eigenvalue weighted by Crippen LogP contribution is 2.32. The molecule has 1 heterocycles. The minimum absolute atomic E-state index is 0.490. The summed E-state index contributed by atoms with van der Waals surface area (Å²) in [6.07, 6.45) is 1.90. The van der Waals surface area contributed by atoms with E-state index >= 15 is 0 Å². The van der Waals surface area contributed by atoms with Gasteiger partial charge in [-0.05, 0) is 30.5 Å². The van der Waals surface area contributed by atoms with Crippen molar-refractivity contribution in [3.8, 4) is 0 Å². The van der Waals surface area contributed by atoms with Gasteiger partial charge in [-0.1, -0.05) is 53.2 Å². The van der Waals surface area contributed by atoms with Gasteiger partial charge in [-0.3, -0.25) is 10.4 Å². The second kappa shape index (κ2) is 6.95. The molecule has 0 spiro atoms. The second-order valence-electron chi connectivity index (χ2n) is 5.03. The molecule has 0 saturated heterocycles. The number of hydrogen-bond acceptors (Lipinski definition) is 3. The number of halogens is 2. The maximum absolute atomic E-state index is 8.21. The summed E-state index contributed by atoms with van der Waals surface area (Å²) in [6.45, 7) is 1.25. The molecule has 0 aromatic heterocycles. The Balaban J connectivity index is 2.19. The van der Waals surface area contributed by atoms with Gasteiger partial charge >= 0.3 is 0 Å². The smallest absolute Gasteiger partial charge is 0.160 e. The average Bonchev–Trinajstić information content (AvgIpc) is 2.74. The van der Waals surface area contributed by atoms with Crippen molar-refractivity contribution in [3.05, 3.63) is 63.6 Å². The first-order chi connectivity index (χ1) is 11.1. The first kappa shape index (κ1) is 16.4. The zero-order chi connectivity index (χ0) is 16.4. The van der Waals surface area contributed by atoms with Gasteiger partial charge in [-0.2, -0.15) is 0 Å². The lowest BCUT2D eigenvalue weighted by atomic mass is 10.00. The highest BCUT2D eigenvalue weighted by Gasteiger charge is 2.23. The summed E-state index contributed by atoms with van der Waals surface area (Å²) in [6, 6.07) is 13.3. The van der Waals surface area contributed by atoms with Crippen LogP contribution >= 0.6 is 35.0 Å². The summed E-state index contributed by atoms with van der Waals surface area (Å²) in [4.78, 5) is 6.69. The lowest BCUT2D eigenvalue weighted by Gasteiger charge is -2.24. The maximum Gasteiger partial charge on any atom is 0.160 e. The quantitative estimate of drug-likeness (QED) is 0.575. The lowest BCUT2D eigenvalue weighted by Crippen LogP contribution is -2.30. The number of thioether (sulfide) groups is 1. The van der Waals surface area contributed by atoms with E-state index in [0.29, 0.717) is 28.3 Å². The fraction of sp³-hybridized carbons (Fsp3) is 0.176. The molecule has 0 fully saturated rings. The maximum atomic E-state index is 8.21. The van der Waals surface area contributed by atoms with E-state index in [2.05, 4.69) is 0 Å². The predicted molar refractivity (Wildman–Crippen MR) is 102 cm³/mol. The molecule has 1 aliphatic rings. The molecule has 2 aromatic rings. The molecule has 0 atom stereocenters. The van der Waals surface area contributed by atoms with Gasteiger partial charge in [0.05, 0.1) is 17.9 Å². The van der Waals surface area contributed by atoms with Gasteiger partial charge in [-0.15, -0.1) is 0 Å². The number of nitrogens with zero attached hydrogens (tertiary/aromatic N) is 2. The third kappa shape index (κ3) is 3.25. The topological polar surface area (TPSA) is 39.5 Å². The van der Waals surface area contributed by atoms with Crippen LogP contribution in [0.4, 0.5) is 5.69 Å². The predicted octanol–water partition coefficient (Wildman–Crippen LogP) is 4.95. The molecule has 3 rings (SSSR count). The molecule has 0 saturated carbocycles. The van der Waals surface area contributed by atoms with Crippen molar-refractivity contribution in [3.63, 3.8) is 0 Å². The summed E-state index contributed by atoms with van der Waals surface area (Å²) in [5, 5.41) is 9.99. The van der Waals surface area contributed by atoms with Crippen LogP contribution in [-0.4, -0.2) is 30.2 Å². The van der Waals surface area contributed by atoms with Gasteiger partial charge in [0.2, 0.25) is 0 Å². The fourth-order valence-electron chi connectivity index (χ4n) is 2.61. The normalized spacial score (nSPS) is 14.0. The van der Waals surface area contributed by atoms with Crippen LogP contribution in [0.2, 0.25) is 10.0 Å². The van der Waals surface area contributed by atoms with Crippen LogP contribution in [0.3, 0.4) is 0 Å². The van der Waals surface area contributed by atoms with Crippen molar-refractivity contribution in [2.24, 2.45) is 4.99 Å². The first-order valence-electron chi connectivity index (χ1n) is 7.11. The Bertz CT molecular complexity index is 789. The molecule has 118 valence electrons. The Morgan fingerprint density at radius 3 is 2.70 bits per heavy atom. The fourth-order valence-corrected chi connectivity index (χ4v) is 3.41. The van der Waals surface area contributed by atoms with E-state index in [1.807, 2.05) is 53.6 Å². The van der Waals surface area contributed by atoms with Crippen molar-refractivity contribution in [1.29, 1.82) is 5.41 Å². The second-order valence-corrected chi connectivity index (χ2v) is 6.67. The Morgan fingerprint density at radius 2 is 1.96 bits per heavy atom. The van der Waals surface area contributed by atoms with Crippen molar-refractivity contribution in [1.82, 2.24) is 0 Å². The highest BCUT2D eigenvalue weighted by molar-refractivity contribution is 8.13. The van der Waals surface area contributed by atoms with Gasteiger partial charge in [0.15, 0.2) is 5.17 Å². The number of aliphatic imine (C=N–C) groups is 1. The van der Waals surface area contributed by atoms with Crippen molar-refractivity contribution in [2.75, 3.05) is 24.2 Å². The molecule has 2 aromatic carbocycles. The zero-order valence-electron chi connectivity index (χ0n) is 12.5. The van der Waals surface area contributed by atoms with Gasteiger partial charge < -0.3 is 4.90 Å². The molecule has 0 amide bonds. The molecule has 0 unspecified atom stereocenters. The number of fused-ring (bicyclic) bond motifs is 1. The highest BCUT2D eigenvalue weighted by atomic mass is 35.5. The number of nitrogens with one attached hydrogen (secondary N) is 1. The molecule has 1 N–H and O–H groups in total. The third-order valence-corrected chi connectivity index (χ3v) is 4.84. The van der Waals surface area contributed by atoms with Crippen molar-refractivity contribution < 1.29 is 0 Å². The van der Waals surface area contributed by atoms with E-state index in [1.165, 1.54) is 11.8 Å². The minimum atomic E-state index is 0.490. The van der Waals surface area contributed by atoms with Crippen LogP contribution in [0, 0.1) is 5.41 Å². The van der Waals surface area contributed by atoms with Crippen LogP contribution in [0.25, 0.3) is 0 Å². The van der Waals surface area contributed by atoms with E-state index in [1.54, 1.807) is 0 Å². The van der Waals surface area contributed by atoms with Crippen LogP contribution < -0.4 is 4.90 Å². The summed E-state index contributed by atoms with van der Waals surface area (Å²) < 4.78 is 0. The summed E-state index contributed by atoms with van der Waals surface area (Å²) >= 11 is 14.0. The number of hydrogen-bond donors (Lipinski definition) is 1. The van der Waals surface area contributed by atoms with Crippen molar-refractivity contribution in [2.45, 2.75) is 0 Å². The Hall–Kier alpha value is -1.49. The average molecular weight is 364 g/mol. The molecule has 3 nitrogen and oxygen atoms in total. The Labute approximate surface area is 149 Å². The number of benzodiazepines with no additional fused rings is 1. The number of anilines is 1. The third-order valence-electron chi connectivity index (χ3n) is 3.67. The van der Waals surface area contributed by atoms with E-state index in [-0.39, 0.29) is 0 Å². The number of benzene rings is 2. The van der Waals surface area contributed by atoms with Gasteiger partial charge in [0, 0.05) is 27.7 Å². The molecule has 0 aliphatic carbocycles. The van der Waals surface area contributed by atoms with Crippen LogP contribution in [0.5, 0.6) is 0 Å². The van der Waals surface area contributed by atoms with E-state index < -0.39 is 0 Å². The SMILES string of the molecule is CSC(=N)N1CCN=C(c2ccccc2Cl)c2cc(Cl)ccc21. The summed E-state index contributed by atoms with van der Waals surface area (Å²) in [7, 11) is 0. The van der Waals surface area contributed by atoms with E-state index in [9.17, 15) is 0 Å². The molecular weight excluding hydrogens is 349 g/mol. The molecule has 0 radical (unpaired) electrons. The Morgan fingerprint density at radius 1 is 1.17 bits per heavy atom. The first-order valence-corrected chi connectivity index (χ1v) is 9.09. The van der Waals surface area contributed by atoms with Crippen LogP contribution in [0.1, 0.15) is 11.1 Å². The molecular formula is C17H15Cl2N3S. The van der Waals surface area contributed by atoms with Gasteiger partial charge in [0.1, 0.15) is 0 Å². The molecule has 1 aliphatic heterocycles. The summed E-state index contributed by atoms with van der Waals surface area (Å²) in [5.74, 6) is 0. The van der Waals surface area contributed by atoms with Gasteiger partial charge in [-0.25, -0.2) is 0 Å². The van der Waals surface area contributed by atoms with Crippen molar-refractivity contribution >= 4 is 51.5 Å². The lowest BCUT2D eigenvalue weighted by molar-refractivity contribution is 0.956. The van der Waals surface area contributed by atoms with Crippen LogP contribution in [-0.2, 0) is 0 Å². The molecule has 6 heteroatoms. The minimum Gasteiger partial charge on any atom is -0.319 e. The zero-order valence-corrected chi connectivity index (χ0v) is 14.8.